The molecule has 0 aliphatic carbocycles. The minimum Gasteiger partial charge on any atom is -0.332 e. The maximum Gasteiger partial charge on any atom is 0.255 e. The van der Waals surface area contributed by atoms with Crippen LogP contribution in [-0.2, 0) is 4.79 Å². The fraction of sp³-hybridized carbons (Fsp3) is 0.188. The van der Waals surface area contributed by atoms with Gasteiger partial charge in [-0.15, -0.1) is 0 Å². The number of likely N-dealkylation sites (N-methyl/N-ethyl adjacent to an activating group) is 1. The first kappa shape index (κ1) is 16.0. The molecule has 1 N–H and O–H groups in total. The molecule has 0 unspecified atom stereocenters. The van der Waals surface area contributed by atoms with Gasteiger partial charge in [0.1, 0.15) is 0 Å². The highest BCUT2D eigenvalue weighted by Crippen LogP contribution is 2.13. The average Bonchev–Trinajstić information content (AvgIpc) is 2.49. The Labute approximate surface area is 133 Å². The Bertz CT molecular complexity index is 669. The van der Waals surface area contributed by atoms with Gasteiger partial charge in [0.2, 0.25) is 5.91 Å². The number of nitrogens with one attached hydrogen (secondary N) is 1. The van der Waals surface area contributed by atoms with Crippen LogP contribution in [0.2, 0.25) is 5.02 Å². The van der Waals surface area contributed by atoms with Gasteiger partial charge in [-0.25, -0.2) is 0 Å². The molecular formula is C16H16ClN3O2. The lowest BCUT2D eigenvalue weighted by atomic mass is 10.2. The SMILES string of the molecule is Cc1ccc(C(=O)N(C)CC(=O)Nc2ccc(Cl)cc2)cn1. The van der Waals surface area contributed by atoms with Crippen molar-refractivity contribution in [2.24, 2.45) is 0 Å². The molecule has 0 aliphatic heterocycles. The number of aromatic nitrogens is 1. The van der Waals surface area contributed by atoms with Crippen LogP contribution >= 0.6 is 11.6 Å². The first-order chi connectivity index (χ1) is 10.5. The summed E-state index contributed by atoms with van der Waals surface area (Å²) in [5.74, 6) is -0.531. The number of carbonyl (C=O) groups excluding carboxylic acids is 2. The van der Waals surface area contributed by atoms with Crippen molar-refractivity contribution in [1.82, 2.24) is 9.88 Å². The number of amides is 2. The Hall–Kier alpha value is -2.40. The Morgan fingerprint density at radius 2 is 1.86 bits per heavy atom. The zero-order chi connectivity index (χ0) is 16.1. The highest BCUT2D eigenvalue weighted by atomic mass is 35.5. The lowest BCUT2D eigenvalue weighted by Gasteiger charge is -2.16. The number of benzene rings is 1. The Morgan fingerprint density at radius 1 is 1.18 bits per heavy atom. The zero-order valence-corrected chi connectivity index (χ0v) is 13.1. The minimum absolute atomic E-state index is 0.0463. The molecule has 5 nitrogen and oxygen atoms in total. The molecule has 2 amide bonds. The largest absolute Gasteiger partial charge is 0.332 e. The third kappa shape index (κ3) is 4.30. The predicted molar refractivity (Wildman–Crippen MR) is 86.0 cm³/mol. The predicted octanol–water partition coefficient (Wildman–Crippen LogP) is 2.75. The number of halogens is 1. The van der Waals surface area contributed by atoms with Crippen LogP contribution in [0, 0.1) is 6.92 Å². The summed E-state index contributed by atoms with van der Waals surface area (Å²) in [5, 5.41) is 3.30. The van der Waals surface area contributed by atoms with Gasteiger partial charge < -0.3 is 10.2 Å². The molecule has 22 heavy (non-hydrogen) atoms. The standard InChI is InChI=1S/C16H16ClN3O2/c1-11-3-4-12(9-18-11)16(22)20(2)10-15(21)19-14-7-5-13(17)6-8-14/h3-9H,10H2,1-2H3,(H,19,21). The summed E-state index contributed by atoms with van der Waals surface area (Å²) in [4.78, 5) is 29.5. The van der Waals surface area contributed by atoms with Crippen LogP contribution in [0.5, 0.6) is 0 Å². The van der Waals surface area contributed by atoms with Crippen LogP contribution in [0.25, 0.3) is 0 Å². The Kier molecular flexibility index (Phi) is 5.12. The number of aryl methyl sites for hydroxylation is 1. The molecule has 0 atom stereocenters. The number of anilines is 1. The van der Waals surface area contributed by atoms with E-state index in [2.05, 4.69) is 10.3 Å². The molecule has 0 saturated carbocycles. The fourth-order valence-corrected chi connectivity index (χ4v) is 1.96. The summed E-state index contributed by atoms with van der Waals surface area (Å²) in [6.45, 7) is 1.80. The van der Waals surface area contributed by atoms with Crippen LogP contribution in [0.15, 0.2) is 42.6 Å². The van der Waals surface area contributed by atoms with Crippen LogP contribution in [-0.4, -0.2) is 35.3 Å². The van der Waals surface area contributed by atoms with Gasteiger partial charge >= 0.3 is 0 Å². The first-order valence-electron chi connectivity index (χ1n) is 6.69. The third-order valence-electron chi connectivity index (χ3n) is 3.01. The van der Waals surface area contributed by atoms with E-state index in [0.29, 0.717) is 16.3 Å². The lowest BCUT2D eigenvalue weighted by Crippen LogP contribution is -2.35. The molecule has 6 heteroatoms. The van der Waals surface area contributed by atoms with Crippen molar-refractivity contribution in [3.8, 4) is 0 Å². The summed E-state index contributed by atoms with van der Waals surface area (Å²) in [6, 6.07) is 10.2. The van der Waals surface area contributed by atoms with Crippen LogP contribution in [0.3, 0.4) is 0 Å². The molecule has 0 saturated heterocycles. The second kappa shape index (κ2) is 7.04. The molecule has 1 aromatic carbocycles. The topological polar surface area (TPSA) is 62.3 Å². The number of hydrogen-bond donors (Lipinski definition) is 1. The third-order valence-corrected chi connectivity index (χ3v) is 3.27. The highest BCUT2D eigenvalue weighted by Gasteiger charge is 2.15. The van der Waals surface area contributed by atoms with Crippen molar-refractivity contribution >= 4 is 29.1 Å². The summed E-state index contributed by atoms with van der Waals surface area (Å²) >= 11 is 5.78. The second-order valence-corrected chi connectivity index (χ2v) is 5.34. The van der Waals surface area contributed by atoms with Gasteiger partial charge in [0.15, 0.2) is 0 Å². The van der Waals surface area contributed by atoms with E-state index in [-0.39, 0.29) is 18.4 Å². The van der Waals surface area contributed by atoms with Crippen molar-refractivity contribution in [2.45, 2.75) is 6.92 Å². The van der Waals surface area contributed by atoms with Gasteiger partial charge in [-0.2, -0.15) is 0 Å². The maximum absolute atomic E-state index is 12.2. The molecule has 0 aliphatic rings. The zero-order valence-electron chi connectivity index (χ0n) is 12.3. The molecule has 2 rings (SSSR count). The smallest absolute Gasteiger partial charge is 0.255 e. The second-order valence-electron chi connectivity index (χ2n) is 4.90. The van der Waals surface area contributed by atoms with Crippen molar-refractivity contribution in [2.75, 3.05) is 18.9 Å². The molecule has 1 heterocycles. The normalized spacial score (nSPS) is 10.1. The lowest BCUT2D eigenvalue weighted by molar-refractivity contribution is -0.116. The Balaban J connectivity index is 1.94. The maximum atomic E-state index is 12.2. The van der Waals surface area contributed by atoms with Gasteiger partial charge in [-0.05, 0) is 43.3 Å². The first-order valence-corrected chi connectivity index (χ1v) is 7.07. The minimum atomic E-state index is -0.279. The van der Waals surface area contributed by atoms with Crippen molar-refractivity contribution in [3.05, 3.63) is 58.9 Å². The molecule has 2 aromatic rings. The number of carbonyl (C=O) groups is 2. The van der Waals surface area contributed by atoms with E-state index >= 15 is 0 Å². The summed E-state index contributed by atoms with van der Waals surface area (Å²) in [6.07, 6.45) is 1.51. The number of pyridine rings is 1. The summed E-state index contributed by atoms with van der Waals surface area (Å²) in [7, 11) is 1.57. The fourth-order valence-electron chi connectivity index (χ4n) is 1.84. The van der Waals surface area contributed by atoms with Crippen LogP contribution in [0.4, 0.5) is 5.69 Å². The monoisotopic (exact) mass is 317 g/mol. The van der Waals surface area contributed by atoms with Crippen molar-refractivity contribution in [1.29, 1.82) is 0 Å². The van der Waals surface area contributed by atoms with Crippen LogP contribution in [0.1, 0.15) is 16.1 Å². The van der Waals surface area contributed by atoms with Crippen LogP contribution < -0.4 is 5.32 Å². The van der Waals surface area contributed by atoms with Gasteiger partial charge in [-0.3, -0.25) is 14.6 Å². The van der Waals surface area contributed by atoms with Crippen molar-refractivity contribution in [3.63, 3.8) is 0 Å². The van der Waals surface area contributed by atoms with Gasteiger partial charge in [-0.1, -0.05) is 11.6 Å². The molecule has 0 radical (unpaired) electrons. The van der Waals surface area contributed by atoms with E-state index in [1.165, 1.54) is 11.1 Å². The molecular weight excluding hydrogens is 302 g/mol. The molecule has 1 aromatic heterocycles. The number of hydrogen-bond acceptors (Lipinski definition) is 3. The van der Waals surface area contributed by atoms with Crippen molar-refractivity contribution < 1.29 is 9.59 Å². The number of rotatable bonds is 4. The van der Waals surface area contributed by atoms with Gasteiger partial charge in [0.05, 0.1) is 12.1 Å². The quantitative estimate of drug-likeness (QED) is 0.943. The molecule has 0 fully saturated rings. The van der Waals surface area contributed by atoms with E-state index in [4.69, 9.17) is 11.6 Å². The van der Waals surface area contributed by atoms with Gasteiger partial charge in [0.25, 0.3) is 5.91 Å². The highest BCUT2D eigenvalue weighted by molar-refractivity contribution is 6.30. The number of nitrogens with zero attached hydrogens (tertiary/aromatic N) is 2. The molecule has 0 spiro atoms. The van der Waals surface area contributed by atoms with E-state index in [1.54, 1.807) is 43.4 Å². The average molecular weight is 318 g/mol. The van der Waals surface area contributed by atoms with Gasteiger partial charge in [0, 0.05) is 29.6 Å². The molecule has 0 bridgehead atoms. The Morgan fingerprint density at radius 3 is 2.45 bits per heavy atom. The van der Waals surface area contributed by atoms with E-state index < -0.39 is 0 Å². The summed E-state index contributed by atoms with van der Waals surface area (Å²) in [5.41, 5.74) is 1.92. The summed E-state index contributed by atoms with van der Waals surface area (Å²) < 4.78 is 0. The molecule has 114 valence electrons. The van der Waals surface area contributed by atoms with E-state index in [9.17, 15) is 9.59 Å². The van der Waals surface area contributed by atoms with E-state index in [1.807, 2.05) is 6.92 Å². The van der Waals surface area contributed by atoms with E-state index in [0.717, 1.165) is 5.69 Å².